The van der Waals surface area contributed by atoms with Gasteiger partial charge < -0.3 is 19.5 Å². The second kappa shape index (κ2) is 12.5. The van der Waals surface area contributed by atoms with Crippen LogP contribution in [0.1, 0.15) is 58.7 Å². The van der Waals surface area contributed by atoms with Crippen molar-refractivity contribution in [3.8, 4) is 11.5 Å². The highest BCUT2D eigenvalue weighted by Gasteiger charge is 2.41. The van der Waals surface area contributed by atoms with E-state index in [9.17, 15) is 14.4 Å². The Labute approximate surface area is 228 Å². The number of thiocarbonyl (C=S) groups is 1. The largest absolute Gasteiger partial charge is 0.491 e. The van der Waals surface area contributed by atoms with Crippen LogP contribution in [-0.2, 0) is 19.1 Å². The van der Waals surface area contributed by atoms with Crippen molar-refractivity contribution in [3.05, 3.63) is 76.5 Å². The van der Waals surface area contributed by atoms with Gasteiger partial charge in [0.2, 0.25) is 0 Å². The number of allylic oxidation sites excluding steroid dienone is 1. The number of benzene rings is 2. The van der Waals surface area contributed by atoms with E-state index in [4.69, 9.17) is 26.4 Å². The number of hydrogen-bond acceptors (Lipinski definition) is 7. The van der Waals surface area contributed by atoms with E-state index < -0.39 is 23.9 Å². The molecule has 1 heterocycles. The van der Waals surface area contributed by atoms with E-state index >= 15 is 0 Å². The lowest BCUT2D eigenvalue weighted by atomic mass is 9.92. The molecular weight excluding hydrogens is 504 g/mol. The molecule has 0 saturated carbocycles. The van der Waals surface area contributed by atoms with Crippen LogP contribution < -0.4 is 14.8 Å². The van der Waals surface area contributed by atoms with E-state index in [1.807, 2.05) is 32.0 Å². The number of hydrogen-bond donors (Lipinski definition) is 1. The molecule has 3 rings (SSSR count). The molecule has 9 heteroatoms. The van der Waals surface area contributed by atoms with Crippen LogP contribution in [0, 0.1) is 0 Å². The van der Waals surface area contributed by atoms with Gasteiger partial charge in [-0.05, 0) is 76.7 Å². The number of nitrogens with zero attached hydrogens (tertiary/aromatic N) is 1. The quantitative estimate of drug-likeness (QED) is 0.216. The topological polar surface area (TPSA) is 94.2 Å². The van der Waals surface area contributed by atoms with Crippen molar-refractivity contribution in [2.45, 2.75) is 53.7 Å². The number of ether oxygens (including phenoxy) is 3. The first-order valence-corrected chi connectivity index (χ1v) is 12.7. The molecule has 1 N–H and O–H groups in total. The number of carbonyl (C=O) groups is 3. The predicted molar refractivity (Wildman–Crippen MR) is 148 cm³/mol. The molecule has 1 amide bonds. The molecule has 0 aliphatic carbocycles. The summed E-state index contributed by atoms with van der Waals surface area (Å²) in [6.45, 7) is 10.4. The summed E-state index contributed by atoms with van der Waals surface area (Å²) in [5.74, 6) is -0.526. The van der Waals surface area contributed by atoms with Crippen molar-refractivity contribution < 1.29 is 28.6 Å². The van der Waals surface area contributed by atoms with Crippen LogP contribution in [0.5, 0.6) is 11.5 Å². The third kappa shape index (κ3) is 6.66. The van der Waals surface area contributed by atoms with Gasteiger partial charge in [-0.25, -0.2) is 4.79 Å². The van der Waals surface area contributed by atoms with Crippen molar-refractivity contribution in [1.82, 2.24) is 10.2 Å². The van der Waals surface area contributed by atoms with Gasteiger partial charge in [0, 0.05) is 23.8 Å². The molecule has 1 unspecified atom stereocenters. The first-order valence-electron chi connectivity index (χ1n) is 12.3. The first-order chi connectivity index (χ1) is 18.0. The van der Waals surface area contributed by atoms with Crippen LogP contribution in [0.3, 0.4) is 0 Å². The van der Waals surface area contributed by atoms with Gasteiger partial charge in [-0.15, -0.1) is 0 Å². The Bertz CT molecular complexity index is 1310. The molecule has 0 spiro atoms. The zero-order valence-corrected chi connectivity index (χ0v) is 23.2. The first kappa shape index (κ1) is 28.6. The van der Waals surface area contributed by atoms with Gasteiger partial charge in [0.05, 0.1) is 18.3 Å². The van der Waals surface area contributed by atoms with Gasteiger partial charge in [-0.1, -0.05) is 30.3 Å². The monoisotopic (exact) mass is 536 g/mol. The number of esters is 2. The summed E-state index contributed by atoms with van der Waals surface area (Å²) in [6.07, 6.45) is 1.53. The maximum Gasteiger partial charge on any atom is 0.338 e. The molecule has 38 heavy (non-hydrogen) atoms. The number of carbonyl (C=O) groups excluding carboxylic acids is 3. The number of rotatable bonds is 8. The fraction of sp³-hybridized carbons (Fsp3) is 0.310. The second-order valence-corrected chi connectivity index (χ2v) is 9.35. The van der Waals surface area contributed by atoms with Gasteiger partial charge in [0.15, 0.2) is 5.11 Å². The lowest BCUT2D eigenvalue weighted by Gasteiger charge is -2.39. The summed E-state index contributed by atoms with van der Waals surface area (Å²) in [5, 5.41) is 3.14. The molecule has 200 valence electrons. The van der Waals surface area contributed by atoms with Crippen LogP contribution in [0.15, 0.2) is 65.4 Å². The van der Waals surface area contributed by atoms with Crippen molar-refractivity contribution in [1.29, 1.82) is 0 Å². The molecule has 8 nitrogen and oxygen atoms in total. The third-order valence-corrected chi connectivity index (χ3v) is 5.88. The van der Waals surface area contributed by atoms with Crippen LogP contribution in [0.4, 0.5) is 0 Å². The van der Waals surface area contributed by atoms with Crippen molar-refractivity contribution in [2.24, 2.45) is 0 Å². The highest BCUT2D eigenvalue weighted by Crippen LogP contribution is 2.40. The minimum Gasteiger partial charge on any atom is -0.491 e. The molecule has 1 aliphatic rings. The zero-order valence-electron chi connectivity index (χ0n) is 22.4. The fourth-order valence-electron chi connectivity index (χ4n) is 4.12. The average Bonchev–Trinajstić information content (AvgIpc) is 2.83. The van der Waals surface area contributed by atoms with Crippen LogP contribution in [0.25, 0.3) is 6.08 Å². The highest BCUT2D eigenvalue weighted by molar-refractivity contribution is 7.80. The average molecular weight is 537 g/mol. The summed E-state index contributed by atoms with van der Waals surface area (Å²) in [5.41, 5.74) is 2.37. The number of nitrogens with one attached hydrogen (secondary N) is 1. The fourth-order valence-corrected chi connectivity index (χ4v) is 4.46. The Kier molecular flexibility index (Phi) is 9.41. The van der Waals surface area contributed by atoms with E-state index in [1.165, 1.54) is 11.8 Å². The summed E-state index contributed by atoms with van der Waals surface area (Å²) in [7, 11) is 0. The molecule has 0 fully saturated rings. The minimum atomic E-state index is -0.888. The molecule has 0 bridgehead atoms. The lowest BCUT2D eigenvalue weighted by molar-refractivity contribution is -0.139. The van der Waals surface area contributed by atoms with E-state index in [2.05, 4.69) is 5.32 Å². The Morgan fingerprint density at radius 2 is 1.82 bits per heavy atom. The van der Waals surface area contributed by atoms with Crippen LogP contribution in [-0.4, -0.2) is 40.6 Å². The molecule has 0 saturated heterocycles. The van der Waals surface area contributed by atoms with Gasteiger partial charge >= 0.3 is 11.9 Å². The smallest absolute Gasteiger partial charge is 0.338 e. The minimum absolute atomic E-state index is 0.142. The van der Waals surface area contributed by atoms with Crippen molar-refractivity contribution in [2.75, 3.05) is 6.61 Å². The van der Waals surface area contributed by atoms with E-state index in [0.29, 0.717) is 33.9 Å². The molecule has 0 radical (unpaired) electrons. The number of amides is 1. The SMILES string of the molecule is CCOC(=O)C1=C(C)NC(=S)N(C(=O)/C(C)=C/c2cccc(OC(C)=O)c2)C1c1ccccc1OC(C)C. The van der Waals surface area contributed by atoms with Gasteiger partial charge in [-0.3, -0.25) is 14.5 Å². The molecule has 1 aliphatic heterocycles. The number of para-hydroxylation sites is 1. The maximum atomic E-state index is 14.0. The van der Waals surface area contributed by atoms with Gasteiger partial charge in [0.25, 0.3) is 5.91 Å². The molecule has 2 aromatic rings. The standard InChI is InChI=1S/C29H32N2O6S/c1-7-35-28(34)25-19(5)30-29(38)31(26(25)23-13-8-9-14-24(23)36-17(2)3)27(33)18(4)15-21-11-10-12-22(16-21)37-20(6)32/h8-17,26H,7H2,1-6H3,(H,30,38)/b18-15+. The van der Waals surface area contributed by atoms with E-state index in [-0.39, 0.29) is 23.4 Å². The molecular formula is C29H32N2O6S. The molecule has 0 aromatic heterocycles. The zero-order chi connectivity index (χ0) is 28.0. The summed E-state index contributed by atoms with van der Waals surface area (Å²) in [4.78, 5) is 39.9. The summed E-state index contributed by atoms with van der Waals surface area (Å²) >= 11 is 5.63. The normalized spacial score (nSPS) is 15.8. The van der Waals surface area contributed by atoms with Crippen molar-refractivity contribution in [3.63, 3.8) is 0 Å². The van der Waals surface area contributed by atoms with Crippen molar-refractivity contribution >= 4 is 41.3 Å². The highest BCUT2D eigenvalue weighted by atomic mass is 32.1. The third-order valence-electron chi connectivity index (χ3n) is 5.58. The van der Waals surface area contributed by atoms with Gasteiger partial charge in [-0.2, -0.15) is 0 Å². The van der Waals surface area contributed by atoms with E-state index in [1.54, 1.807) is 57.2 Å². The Morgan fingerprint density at radius 1 is 1.11 bits per heavy atom. The Hall–Kier alpha value is -3.98. The van der Waals surface area contributed by atoms with E-state index in [0.717, 1.165) is 0 Å². The Balaban J connectivity index is 2.13. The Morgan fingerprint density at radius 3 is 2.47 bits per heavy atom. The summed E-state index contributed by atoms with van der Waals surface area (Å²) in [6, 6.07) is 13.2. The maximum absolute atomic E-state index is 14.0. The molecule has 2 aromatic carbocycles. The van der Waals surface area contributed by atoms with Crippen LogP contribution in [0.2, 0.25) is 0 Å². The van der Waals surface area contributed by atoms with Crippen LogP contribution >= 0.6 is 12.2 Å². The second-order valence-electron chi connectivity index (χ2n) is 8.96. The van der Waals surface area contributed by atoms with Gasteiger partial charge in [0.1, 0.15) is 17.5 Å². The molecule has 1 atom stereocenters. The predicted octanol–water partition coefficient (Wildman–Crippen LogP) is 5.10. The lowest BCUT2D eigenvalue weighted by Crippen LogP contribution is -2.51. The summed E-state index contributed by atoms with van der Waals surface area (Å²) < 4.78 is 16.6.